The highest BCUT2D eigenvalue weighted by Crippen LogP contribution is 2.27. The van der Waals surface area contributed by atoms with Crippen LogP contribution in [0.15, 0.2) is 115 Å². The number of benzene rings is 4. The van der Waals surface area contributed by atoms with E-state index in [2.05, 4.69) is 30.6 Å². The van der Waals surface area contributed by atoms with E-state index in [1.165, 1.54) is 6.33 Å². The molecule has 0 spiro atoms. The second kappa shape index (κ2) is 13.2. The first-order valence-electron chi connectivity index (χ1n) is 15.7. The van der Waals surface area contributed by atoms with Crippen molar-refractivity contribution < 1.29 is 9.59 Å². The first-order chi connectivity index (χ1) is 23.9. The maximum atomic E-state index is 14.5. The zero-order valence-electron chi connectivity index (χ0n) is 26.4. The van der Waals surface area contributed by atoms with Gasteiger partial charge >= 0.3 is 0 Å². The van der Waals surface area contributed by atoms with Crippen molar-refractivity contribution in [2.45, 2.75) is 25.8 Å². The summed E-state index contributed by atoms with van der Waals surface area (Å²) in [6.45, 7) is 1.99. The van der Waals surface area contributed by atoms with Gasteiger partial charge in [-0.15, -0.1) is 0 Å². The molecule has 3 aromatic heterocycles. The summed E-state index contributed by atoms with van der Waals surface area (Å²) in [5.41, 5.74) is 10.2. The van der Waals surface area contributed by atoms with Gasteiger partial charge in [-0.25, -0.2) is 19.9 Å². The molecule has 0 aliphatic heterocycles. The highest BCUT2D eigenvalue weighted by molar-refractivity contribution is 6.07. The van der Waals surface area contributed by atoms with Gasteiger partial charge in [0.1, 0.15) is 17.7 Å². The maximum Gasteiger partial charge on any atom is 0.266 e. The van der Waals surface area contributed by atoms with Crippen LogP contribution in [0.3, 0.4) is 0 Å². The van der Waals surface area contributed by atoms with Gasteiger partial charge in [0, 0.05) is 17.5 Å². The lowest BCUT2D eigenvalue weighted by Crippen LogP contribution is -2.29. The minimum Gasteiger partial charge on any atom is -0.397 e. The predicted octanol–water partition coefficient (Wildman–Crippen LogP) is 5.88. The Morgan fingerprint density at radius 1 is 0.878 bits per heavy atom. The van der Waals surface area contributed by atoms with E-state index in [1.807, 2.05) is 37.3 Å². The minimum absolute atomic E-state index is 0.0397. The van der Waals surface area contributed by atoms with Gasteiger partial charge in [0.15, 0.2) is 17.2 Å². The third-order valence-corrected chi connectivity index (χ3v) is 8.30. The molecule has 0 fully saturated rings. The summed E-state index contributed by atoms with van der Waals surface area (Å²) in [4.78, 5) is 61.9. The second-order valence-electron chi connectivity index (χ2n) is 11.4. The second-order valence-corrected chi connectivity index (χ2v) is 11.4. The molecule has 242 valence electrons. The molecule has 0 saturated carbocycles. The molecular weight excluding hydrogens is 618 g/mol. The van der Waals surface area contributed by atoms with Crippen molar-refractivity contribution in [2.24, 2.45) is 0 Å². The van der Waals surface area contributed by atoms with Crippen molar-refractivity contribution in [3.05, 3.63) is 143 Å². The van der Waals surface area contributed by atoms with Gasteiger partial charge < -0.3 is 21.4 Å². The molecule has 0 aliphatic carbocycles. The zero-order valence-corrected chi connectivity index (χ0v) is 26.4. The molecule has 1 unspecified atom stereocenters. The average molecular weight is 650 g/mol. The number of imidazole rings is 1. The number of fused-ring (bicyclic) bond motifs is 2. The summed E-state index contributed by atoms with van der Waals surface area (Å²) < 4.78 is 1.59. The third-order valence-electron chi connectivity index (χ3n) is 8.30. The third kappa shape index (κ3) is 6.10. The Labute approximate surface area is 280 Å². The van der Waals surface area contributed by atoms with E-state index >= 15 is 0 Å². The van der Waals surface area contributed by atoms with Crippen LogP contribution in [0.4, 0.5) is 17.2 Å². The van der Waals surface area contributed by atoms with Crippen molar-refractivity contribution in [3.63, 3.8) is 0 Å². The van der Waals surface area contributed by atoms with Crippen LogP contribution >= 0.6 is 0 Å². The molecule has 5 N–H and O–H groups in total. The molecule has 49 heavy (non-hydrogen) atoms. The standard InChI is InChI=1S/C37H31N9O3/c1-2-27(43-34-32-33(40-20-39-32)41-21-42-34)35-44-29-14-8-9-24(31(29)37(49)46(35)25-10-4-3-5-11-25)19-30(47)22-15-17-23(18-16-22)36(48)45-28-13-7-6-12-26(28)38/h3-18,20-21,27H,2,19,38H2,1H3,(H,45,48)(H2,39,40,41,42,43). The number of hydrogen-bond donors (Lipinski definition) is 4. The number of nitrogens with one attached hydrogen (secondary N) is 3. The normalized spacial score (nSPS) is 11.8. The molecule has 7 aromatic rings. The van der Waals surface area contributed by atoms with Crippen molar-refractivity contribution in [3.8, 4) is 5.69 Å². The van der Waals surface area contributed by atoms with Crippen molar-refractivity contribution in [1.29, 1.82) is 0 Å². The zero-order chi connectivity index (χ0) is 33.9. The van der Waals surface area contributed by atoms with Crippen LogP contribution in [0.25, 0.3) is 27.8 Å². The fourth-order valence-corrected chi connectivity index (χ4v) is 5.80. The molecule has 0 bridgehead atoms. The Balaban J connectivity index is 1.22. The van der Waals surface area contributed by atoms with Crippen molar-refractivity contribution in [2.75, 3.05) is 16.4 Å². The van der Waals surface area contributed by atoms with E-state index < -0.39 is 6.04 Å². The van der Waals surface area contributed by atoms with Gasteiger partial charge in [-0.1, -0.05) is 61.5 Å². The largest absolute Gasteiger partial charge is 0.397 e. The lowest BCUT2D eigenvalue weighted by atomic mass is 9.99. The van der Waals surface area contributed by atoms with Crippen molar-refractivity contribution in [1.82, 2.24) is 29.5 Å². The maximum absolute atomic E-state index is 14.5. The first kappa shape index (κ1) is 30.9. The monoisotopic (exact) mass is 649 g/mol. The molecule has 1 amide bonds. The number of carbonyl (C=O) groups is 2. The van der Waals surface area contributed by atoms with E-state index in [0.29, 0.717) is 73.9 Å². The molecule has 7 rings (SSSR count). The lowest BCUT2D eigenvalue weighted by Gasteiger charge is -2.22. The van der Waals surface area contributed by atoms with Crippen molar-refractivity contribution >= 4 is 50.9 Å². The predicted molar refractivity (Wildman–Crippen MR) is 189 cm³/mol. The van der Waals surface area contributed by atoms with E-state index in [1.54, 1.807) is 77.6 Å². The van der Waals surface area contributed by atoms with E-state index in [-0.39, 0.29) is 23.7 Å². The van der Waals surface area contributed by atoms with E-state index in [9.17, 15) is 14.4 Å². The number of nitrogens with zero attached hydrogens (tertiary/aromatic N) is 5. The van der Waals surface area contributed by atoms with Crippen LogP contribution < -0.4 is 21.9 Å². The van der Waals surface area contributed by atoms with Crippen LogP contribution in [0.2, 0.25) is 0 Å². The molecule has 3 heterocycles. The number of rotatable bonds is 10. The number of nitrogens with two attached hydrogens (primary N) is 1. The summed E-state index contributed by atoms with van der Waals surface area (Å²) in [7, 11) is 0. The highest BCUT2D eigenvalue weighted by atomic mass is 16.2. The smallest absolute Gasteiger partial charge is 0.266 e. The van der Waals surface area contributed by atoms with Crippen LogP contribution in [-0.2, 0) is 6.42 Å². The Kier molecular flexibility index (Phi) is 8.33. The van der Waals surface area contributed by atoms with E-state index in [0.717, 1.165) is 0 Å². The number of H-pyrrole nitrogens is 1. The van der Waals surface area contributed by atoms with Gasteiger partial charge in [-0.3, -0.25) is 19.0 Å². The molecule has 12 heteroatoms. The number of aromatic nitrogens is 6. The summed E-state index contributed by atoms with van der Waals surface area (Å²) in [6.07, 6.45) is 3.53. The molecule has 0 saturated heterocycles. The fourth-order valence-electron chi connectivity index (χ4n) is 5.80. The molecular formula is C37H31N9O3. The summed E-state index contributed by atoms with van der Waals surface area (Å²) in [6, 6.07) is 27.6. The highest BCUT2D eigenvalue weighted by Gasteiger charge is 2.24. The van der Waals surface area contributed by atoms with Crippen LogP contribution in [0.1, 0.15) is 51.5 Å². The van der Waals surface area contributed by atoms with Crippen LogP contribution in [0, 0.1) is 0 Å². The average Bonchev–Trinajstić information content (AvgIpc) is 3.62. The number of hydrogen-bond acceptors (Lipinski definition) is 9. The Morgan fingerprint density at radius 2 is 1.63 bits per heavy atom. The van der Waals surface area contributed by atoms with Gasteiger partial charge in [0.25, 0.3) is 11.5 Å². The van der Waals surface area contributed by atoms with Crippen LogP contribution in [-0.4, -0.2) is 41.2 Å². The number of nitrogen functional groups attached to an aromatic ring is 1. The number of amides is 1. The SMILES string of the molecule is CCC(Nc1ncnc2[nH]cnc12)c1nc2cccc(CC(=O)c3ccc(C(=O)Nc4ccccc4N)cc3)c2c(=O)n1-c1ccccc1. The summed E-state index contributed by atoms with van der Waals surface area (Å²) in [5.74, 6) is 0.450. The number of ketones is 1. The quantitative estimate of drug-likeness (QED) is 0.104. The minimum atomic E-state index is -0.425. The summed E-state index contributed by atoms with van der Waals surface area (Å²) in [5, 5.41) is 6.57. The molecule has 12 nitrogen and oxygen atoms in total. The van der Waals surface area contributed by atoms with Gasteiger partial charge in [-0.2, -0.15) is 0 Å². The van der Waals surface area contributed by atoms with Crippen LogP contribution in [0.5, 0.6) is 0 Å². The number of para-hydroxylation sites is 3. The fraction of sp³-hybridized carbons (Fsp3) is 0.108. The van der Waals surface area contributed by atoms with E-state index in [4.69, 9.17) is 10.7 Å². The molecule has 0 aliphatic rings. The topological polar surface area (TPSA) is 174 Å². The van der Waals surface area contributed by atoms with Gasteiger partial charge in [0.2, 0.25) is 0 Å². The Hall–Kier alpha value is -6.69. The number of carbonyl (C=O) groups excluding carboxylic acids is 2. The number of aromatic amines is 1. The Morgan fingerprint density at radius 3 is 2.41 bits per heavy atom. The first-order valence-corrected chi connectivity index (χ1v) is 15.7. The summed E-state index contributed by atoms with van der Waals surface area (Å²) >= 11 is 0. The van der Waals surface area contributed by atoms with Gasteiger partial charge in [0.05, 0.1) is 40.3 Å². The molecule has 4 aromatic carbocycles. The van der Waals surface area contributed by atoms with Gasteiger partial charge in [-0.05, 0) is 54.4 Å². The molecule has 1 atom stereocenters. The number of anilines is 3. The molecule has 0 radical (unpaired) electrons. The number of Topliss-reactive ketones (excluding diaryl/α,β-unsaturated/α-hetero) is 1. The lowest BCUT2D eigenvalue weighted by molar-refractivity contribution is 0.0989. The Bertz CT molecular complexity index is 2390.